The maximum atomic E-state index is 12.7. The van der Waals surface area contributed by atoms with Crippen LogP contribution in [0.5, 0.6) is 0 Å². The van der Waals surface area contributed by atoms with E-state index in [0.717, 1.165) is 17.3 Å². The van der Waals surface area contributed by atoms with E-state index in [4.69, 9.17) is 0 Å². The fourth-order valence-corrected chi connectivity index (χ4v) is 5.38. The van der Waals surface area contributed by atoms with Crippen molar-refractivity contribution < 1.29 is 8.42 Å². The molecule has 0 N–H and O–H groups in total. The van der Waals surface area contributed by atoms with Crippen LogP contribution in [0.25, 0.3) is 0 Å². The summed E-state index contributed by atoms with van der Waals surface area (Å²) in [4.78, 5) is 0.324. The van der Waals surface area contributed by atoms with E-state index in [2.05, 4.69) is 31.9 Å². The first-order chi connectivity index (χ1) is 9.41. The van der Waals surface area contributed by atoms with Gasteiger partial charge in [0.25, 0.3) is 0 Å². The van der Waals surface area contributed by atoms with E-state index in [-0.39, 0.29) is 0 Å². The monoisotopic (exact) mass is 423 g/mol. The van der Waals surface area contributed by atoms with Crippen molar-refractivity contribution in [3.63, 3.8) is 0 Å². The molecule has 112 valence electrons. The van der Waals surface area contributed by atoms with Gasteiger partial charge < -0.3 is 0 Å². The summed E-state index contributed by atoms with van der Waals surface area (Å²) in [6, 6.07) is 5.23. The van der Waals surface area contributed by atoms with E-state index in [1.807, 2.05) is 6.07 Å². The largest absolute Gasteiger partial charge is 0.243 e. The van der Waals surface area contributed by atoms with E-state index in [1.165, 1.54) is 23.6 Å². The van der Waals surface area contributed by atoms with E-state index in [1.54, 1.807) is 19.2 Å². The Labute approximate surface area is 138 Å². The highest BCUT2D eigenvalue weighted by atomic mass is 79.9. The number of nitrogens with zero attached hydrogens (tertiary/aromatic N) is 1. The number of rotatable bonds is 4. The molecule has 6 heteroatoms. The minimum atomic E-state index is -3.44. The summed E-state index contributed by atoms with van der Waals surface area (Å²) in [5.74, 6) is 0.495. The van der Waals surface area contributed by atoms with Crippen molar-refractivity contribution in [2.24, 2.45) is 5.92 Å². The molecule has 0 atom stereocenters. The second-order valence-corrected chi connectivity index (χ2v) is 9.15. The van der Waals surface area contributed by atoms with Gasteiger partial charge in [0.15, 0.2) is 0 Å². The van der Waals surface area contributed by atoms with Crippen LogP contribution in [0.3, 0.4) is 0 Å². The SMILES string of the molecule is CN(CC1CCCCC1)S(=O)(=O)c1cc(Br)ccc1Br. The smallest absolute Gasteiger partial charge is 0.207 e. The van der Waals surface area contributed by atoms with E-state index >= 15 is 0 Å². The highest BCUT2D eigenvalue weighted by Crippen LogP contribution is 2.30. The average Bonchev–Trinajstić information content (AvgIpc) is 2.42. The topological polar surface area (TPSA) is 37.4 Å². The summed E-state index contributed by atoms with van der Waals surface area (Å²) >= 11 is 6.67. The Morgan fingerprint density at radius 1 is 1.20 bits per heavy atom. The number of benzene rings is 1. The van der Waals surface area contributed by atoms with Crippen molar-refractivity contribution in [2.45, 2.75) is 37.0 Å². The molecule has 1 aromatic carbocycles. The third kappa shape index (κ3) is 3.84. The molecule has 0 amide bonds. The van der Waals surface area contributed by atoms with Gasteiger partial charge in [-0.15, -0.1) is 0 Å². The predicted molar refractivity (Wildman–Crippen MR) is 88.2 cm³/mol. The Hall–Kier alpha value is 0.0900. The van der Waals surface area contributed by atoms with E-state index in [0.29, 0.717) is 21.8 Å². The fourth-order valence-electron chi connectivity index (χ4n) is 2.67. The number of hydrogen-bond donors (Lipinski definition) is 0. The van der Waals surface area contributed by atoms with Gasteiger partial charge in [0.2, 0.25) is 10.0 Å². The second kappa shape index (κ2) is 6.90. The lowest BCUT2D eigenvalue weighted by molar-refractivity contribution is 0.300. The molecule has 0 aliphatic heterocycles. The molecular formula is C14H19Br2NO2S. The molecule has 3 nitrogen and oxygen atoms in total. The lowest BCUT2D eigenvalue weighted by Crippen LogP contribution is -2.32. The zero-order chi connectivity index (χ0) is 14.8. The Balaban J connectivity index is 2.18. The fraction of sp³-hybridized carbons (Fsp3) is 0.571. The Kier molecular flexibility index (Phi) is 5.68. The van der Waals surface area contributed by atoms with Crippen LogP contribution in [0.1, 0.15) is 32.1 Å². The summed E-state index contributed by atoms with van der Waals surface area (Å²) in [6.45, 7) is 0.612. The summed E-state index contributed by atoms with van der Waals surface area (Å²) in [5, 5.41) is 0. The highest BCUT2D eigenvalue weighted by Gasteiger charge is 2.26. The average molecular weight is 425 g/mol. The molecule has 0 heterocycles. The molecular weight excluding hydrogens is 406 g/mol. The van der Waals surface area contributed by atoms with Crippen LogP contribution in [0.4, 0.5) is 0 Å². The summed E-state index contributed by atoms with van der Waals surface area (Å²) in [7, 11) is -1.76. The van der Waals surface area contributed by atoms with Crippen LogP contribution in [0, 0.1) is 5.92 Å². The van der Waals surface area contributed by atoms with Crippen LogP contribution < -0.4 is 0 Å². The molecule has 1 aliphatic carbocycles. The lowest BCUT2D eigenvalue weighted by Gasteiger charge is -2.26. The van der Waals surface area contributed by atoms with Crippen LogP contribution in [0.15, 0.2) is 32.0 Å². The van der Waals surface area contributed by atoms with Crippen molar-refractivity contribution in [1.82, 2.24) is 4.31 Å². The molecule has 20 heavy (non-hydrogen) atoms. The van der Waals surface area contributed by atoms with Crippen LogP contribution >= 0.6 is 31.9 Å². The summed E-state index contributed by atoms with van der Waals surface area (Å²) in [5.41, 5.74) is 0. The van der Waals surface area contributed by atoms with Gasteiger partial charge >= 0.3 is 0 Å². The molecule has 2 rings (SSSR count). The van der Waals surface area contributed by atoms with E-state index < -0.39 is 10.0 Å². The van der Waals surface area contributed by atoms with Crippen molar-refractivity contribution in [3.8, 4) is 0 Å². The van der Waals surface area contributed by atoms with Gasteiger partial charge in [-0.1, -0.05) is 35.2 Å². The summed E-state index contributed by atoms with van der Waals surface area (Å²) < 4.78 is 28.2. The number of sulfonamides is 1. The number of hydrogen-bond acceptors (Lipinski definition) is 2. The zero-order valence-electron chi connectivity index (χ0n) is 11.5. The van der Waals surface area contributed by atoms with Crippen LogP contribution in [-0.2, 0) is 10.0 Å². The van der Waals surface area contributed by atoms with Gasteiger partial charge in [0.1, 0.15) is 0 Å². The maximum Gasteiger partial charge on any atom is 0.243 e. The first-order valence-electron chi connectivity index (χ1n) is 6.82. The quantitative estimate of drug-likeness (QED) is 0.717. The van der Waals surface area contributed by atoms with Gasteiger partial charge in [0, 0.05) is 22.5 Å². The molecule has 1 aliphatic rings. The van der Waals surface area contributed by atoms with Gasteiger partial charge in [0.05, 0.1) is 4.90 Å². The lowest BCUT2D eigenvalue weighted by atomic mass is 9.89. The van der Waals surface area contributed by atoms with Crippen LogP contribution in [0.2, 0.25) is 0 Å². The van der Waals surface area contributed by atoms with E-state index in [9.17, 15) is 8.42 Å². The van der Waals surface area contributed by atoms with Crippen molar-refractivity contribution in [1.29, 1.82) is 0 Å². The first kappa shape index (κ1) is 16.5. The zero-order valence-corrected chi connectivity index (χ0v) is 15.5. The molecule has 0 aromatic heterocycles. The first-order valence-corrected chi connectivity index (χ1v) is 9.85. The molecule has 0 spiro atoms. The third-order valence-corrected chi connectivity index (χ3v) is 7.13. The van der Waals surface area contributed by atoms with Crippen molar-refractivity contribution in [3.05, 3.63) is 27.1 Å². The van der Waals surface area contributed by atoms with Gasteiger partial charge in [-0.05, 0) is 52.9 Å². The third-order valence-electron chi connectivity index (χ3n) is 3.82. The molecule has 0 saturated heterocycles. The van der Waals surface area contributed by atoms with Gasteiger partial charge in [-0.3, -0.25) is 0 Å². The Bertz CT molecular complexity index is 569. The Morgan fingerprint density at radius 2 is 1.85 bits per heavy atom. The van der Waals surface area contributed by atoms with Gasteiger partial charge in [-0.25, -0.2) is 12.7 Å². The second-order valence-electron chi connectivity index (χ2n) is 5.36. The minimum Gasteiger partial charge on any atom is -0.207 e. The molecule has 0 unspecified atom stereocenters. The normalized spacial score (nSPS) is 17.6. The highest BCUT2D eigenvalue weighted by molar-refractivity contribution is 9.11. The minimum absolute atomic E-state index is 0.324. The van der Waals surface area contributed by atoms with Crippen molar-refractivity contribution >= 4 is 41.9 Å². The van der Waals surface area contributed by atoms with Crippen LogP contribution in [-0.4, -0.2) is 26.3 Å². The summed E-state index contributed by atoms with van der Waals surface area (Å²) in [6.07, 6.45) is 6.00. The van der Waals surface area contributed by atoms with Gasteiger partial charge in [-0.2, -0.15) is 0 Å². The molecule has 1 saturated carbocycles. The standard InChI is InChI=1S/C14H19Br2NO2S/c1-17(10-11-5-3-2-4-6-11)20(18,19)14-9-12(15)7-8-13(14)16/h7-9,11H,2-6,10H2,1H3. The van der Waals surface area contributed by atoms with Crippen molar-refractivity contribution in [2.75, 3.05) is 13.6 Å². The molecule has 1 fully saturated rings. The molecule has 0 bridgehead atoms. The number of halogens is 2. The Morgan fingerprint density at radius 3 is 2.50 bits per heavy atom. The molecule has 0 radical (unpaired) electrons. The molecule has 1 aromatic rings. The maximum absolute atomic E-state index is 12.7. The predicted octanol–water partition coefficient (Wildman–Crippen LogP) is 4.41.